The molecule has 0 unspecified atom stereocenters. The number of carbonyl (C=O) groups is 2. The van der Waals surface area contributed by atoms with Gasteiger partial charge in [0.25, 0.3) is 11.8 Å². The fourth-order valence-corrected chi connectivity index (χ4v) is 4.61. The summed E-state index contributed by atoms with van der Waals surface area (Å²) in [7, 11) is 1.97. The molecule has 3 aromatic carbocycles. The van der Waals surface area contributed by atoms with Crippen LogP contribution in [0.4, 0.5) is 0 Å². The number of carbonyl (C=O) groups excluding carboxylic acids is 2. The van der Waals surface area contributed by atoms with Crippen molar-refractivity contribution in [3.63, 3.8) is 0 Å². The third-order valence-electron chi connectivity index (χ3n) is 6.64. The van der Waals surface area contributed by atoms with Gasteiger partial charge in [-0.3, -0.25) is 9.59 Å². The van der Waals surface area contributed by atoms with Crippen LogP contribution in [0.3, 0.4) is 0 Å². The summed E-state index contributed by atoms with van der Waals surface area (Å²) in [5.74, 6) is -0.654. The van der Waals surface area contributed by atoms with Crippen LogP contribution in [0, 0.1) is 13.8 Å². The molecule has 2 amide bonds. The number of benzene rings is 3. The summed E-state index contributed by atoms with van der Waals surface area (Å²) in [6, 6.07) is 21.6. The minimum Gasteiger partial charge on any atom is -0.361 e. The number of nitrogens with zero attached hydrogens (tertiary/aromatic N) is 1. The molecule has 0 radical (unpaired) electrons. The van der Waals surface area contributed by atoms with E-state index in [2.05, 4.69) is 40.7 Å². The van der Waals surface area contributed by atoms with Gasteiger partial charge in [0.2, 0.25) is 0 Å². The molecule has 0 bridgehead atoms. The number of rotatable bonds is 7. The summed E-state index contributed by atoms with van der Waals surface area (Å²) < 4.78 is 2.01. The largest absolute Gasteiger partial charge is 0.361 e. The summed E-state index contributed by atoms with van der Waals surface area (Å²) in [5.41, 5.74) is 7.08. The van der Waals surface area contributed by atoms with Crippen molar-refractivity contribution in [2.75, 3.05) is 6.54 Å². The van der Waals surface area contributed by atoms with Gasteiger partial charge in [0, 0.05) is 58.9 Å². The minimum atomic E-state index is -0.329. The summed E-state index contributed by atoms with van der Waals surface area (Å²) in [6.45, 7) is 4.47. The third-order valence-corrected chi connectivity index (χ3v) is 6.64. The van der Waals surface area contributed by atoms with Crippen LogP contribution in [0.2, 0.25) is 0 Å². The molecule has 0 aliphatic carbocycles. The zero-order valence-corrected chi connectivity index (χ0v) is 21.3. The molecule has 3 N–H and O–H groups in total. The van der Waals surface area contributed by atoms with E-state index in [4.69, 9.17) is 0 Å². The molecule has 0 aliphatic rings. The SMILES string of the molecule is Cc1ccc(C(=O)N/C(=C\c2cn(C)c3ccccc23)C(=O)NCCc2c[nH]c3ccc(C)cc23)cc1. The van der Waals surface area contributed by atoms with Crippen molar-refractivity contribution >= 4 is 39.7 Å². The van der Waals surface area contributed by atoms with E-state index in [1.807, 2.05) is 67.3 Å². The molecule has 37 heavy (non-hydrogen) atoms. The number of fused-ring (bicyclic) bond motifs is 2. The van der Waals surface area contributed by atoms with Crippen LogP contribution in [0.15, 0.2) is 84.8 Å². The maximum absolute atomic E-state index is 13.3. The Labute approximate surface area is 216 Å². The Morgan fingerprint density at radius 1 is 0.946 bits per heavy atom. The molecule has 5 aromatic rings. The molecular weight excluding hydrogens is 460 g/mol. The lowest BCUT2D eigenvalue weighted by molar-refractivity contribution is -0.117. The molecular formula is C31H30N4O2. The van der Waals surface area contributed by atoms with Gasteiger partial charge in [-0.05, 0) is 62.2 Å². The topological polar surface area (TPSA) is 78.9 Å². The van der Waals surface area contributed by atoms with Gasteiger partial charge in [0.05, 0.1) is 0 Å². The fraction of sp³-hybridized carbons (Fsp3) is 0.161. The Kier molecular flexibility index (Phi) is 6.64. The summed E-state index contributed by atoms with van der Waals surface area (Å²) in [4.78, 5) is 29.7. The molecule has 5 rings (SSSR count). The minimum absolute atomic E-state index is 0.205. The Morgan fingerprint density at radius 3 is 2.51 bits per heavy atom. The van der Waals surface area contributed by atoms with Crippen molar-refractivity contribution in [3.8, 4) is 0 Å². The first-order valence-electron chi connectivity index (χ1n) is 12.4. The number of aromatic nitrogens is 2. The predicted octanol–water partition coefficient (Wildman–Crippen LogP) is 5.41. The van der Waals surface area contributed by atoms with Crippen LogP contribution in [-0.2, 0) is 18.3 Å². The zero-order valence-electron chi connectivity index (χ0n) is 21.3. The van der Waals surface area contributed by atoms with E-state index in [1.54, 1.807) is 18.2 Å². The highest BCUT2D eigenvalue weighted by atomic mass is 16.2. The van der Waals surface area contributed by atoms with Crippen LogP contribution >= 0.6 is 0 Å². The fourth-order valence-electron chi connectivity index (χ4n) is 4.61. The molecule has 0 saturated heterocycles. The smallest absolute Gasteiger partial charge is 0.267 e. The number of H-pyrrole nitrogens is 1. The normalized spacial score (nSPS) is 11.7. The van der Waals surface area contributed by atoms with Crippen LogP contribution in [-0.4, -0.2) is 27.9 Å². The Hall–Kier alpha value is -4.58. The summed E-state index contributed by atoms with van der Waals surface area (Å²) >= 11 is 0. The molecule has 2 heterocycles. The summed E-state index contributed by atoms with van der Waals surface area (Å²) in [5, 5.41) is 8.02. The molecule has 6 heteroatoms. The highest BCUT2D eigenvalue weighted by Gasteiger charge is 2.16. The molecule has 0 fully saturated rings. The first-order valence-corrected chi connectivity index (χ1v) is 12.4. The number of amides is 2. The number of aryl methyl sites for hydroxylation is 3. The van der Waals surface area contributed by atoms with Crippen molar-refractivity contribution < 1.29 is 9.59 Å². The number of hydrogen-bond acceptors (Lipinski definition) is 2. The van der Waals surface area contributed by atoms with Gasteiger partial charge in [-0.15, -0.1) is 0 Å². The zero-order chi connectivity index (χ0) is 25.9. The number of para-hydroxylation sites is 1. The van der Waals surface area contributed by atoms with Crippen molar-refractivity contribution in [2.45, 2.75) is 20.3 Å². The monoisotopic (exact) mass is 490 g/mol. The number of hydrogen-bond donors (Lipinski definition) is 3. The lowest BCUT2D eigenvalue weighted by Crippen LogP contribution is -2.35. The van der Waals surface area contributed by atoms with E-state index in [0.717, 1.165) is 38.5 Å². The Morgan fingerprint density at radius 2 is 1.70 bits per heavy atom. The molecule has 186 valence electrons. The summed E-state index contributed by atoms with van der Waals surface area (Å²) in [6.07, 6.45) is 6.37. The van der Waals surface area contributed by atoms with E-state index < -0.39 is 0 Å². The number of nitrogens with one attached hydrogen (secondary N) is 3. The second-order valence-electron chi connectivity index (χ2n) is 9.46. The van der Waals surface area contributed by atoms with Crippen LogP contribution in [0.5, 0.6) is 0 Å². The molecule has 2 aromatic heterocycles. The van der Waals surface area contributed by atoms with Crippen molar-refractivity contribution in [1.82, 2.24) is 20.2 Å². The lowest BCUT2D eigenvalue weighted by Gasteiger charge is -2.11. The molecule has 0 spiro atoms. The Balaban J connectivity index is 1.39. The van der Waals surface area contributed by atoms with Crippen molar-refractivity contribution in [2.24, 2.45) is 7.05 Å². The van der Waals surface area contributed by atoms with Crippen LogP contribution in [0.1, 0.15) is 32.6 Å². The van der Waals surface area contributed by atoms with E-state index >= 15 is 0 Å². The first-order chi connectivity index (χ1) is 17.9. The van der Waals surface area contributed by atoms with E-state index in [9.17, 15) is 9.59 Å². The quantitative estimate of drug-likeness (QED) is 0.267. The van der Waals surface area contributed by atoms with Gasteiger partial charge >= 0.3 is 0 Å². The van der Waals surface area contributed by atoms with Gasteiger partial charge in [-0.25, -0.2) is 0 Å². The standard InChI is InChI=1S/C31H30N4O2/c1-20-8-11-22(12-9-20)30(36)34-28(17-24-19-35(3)29-7-5-4-6-25(24)29)31(37)32-15-14-23-18-33-27-13-10-21(2)16-26(23)27/h4-13,16-19,33H,14-15H2,1-3H3,(H,32,37)(H,34,36)/b28-17-. The third kappa shape index (κ3) is 5.19. The van der Waals surface area contributed by atoms with Gasteiger partial charge in [-0.2, -0.15) is 0 Å². The predicted molar refractivity (Wildman–Crippen MR) is 149 cm³/mol. The van der Waals surface area contributed by atoms with E-state index in [0.29, 0.717) is 18.5 Å². The van der Waals surface area contributed by atoms with Crippen LogP contribution in [0.25, 0.3) is 27.9 Å². The van der Waals surface area contributed by atoms with E-state index in [-0.39, 0.29) is 17.5 Å². The molecule has 0 aliphatic heterocycles. The Bertz CT molecular complexity index is 1640. The second kappa shape index (κ2) is 10.2. The average Bonchev–Trinajstić information content (AvgIpc) is 3.44. The van der Waals surface area contributed by atoms with Gasteiger partial charge in [-0.1, -0.05) is 47.5 Å². The highest BCUT2D eigenvalue weighted by molar-refractivity contribution is 6.06. The van der Waals surface area contributed by atoms with Gasteiger partial charge in [0.15, 0.2) is 0 Å². The van der Waals surface area contributed by atoms with Crippen molar-refractivity contribution in [1.29, 1.82) is 0 Å². The number of aromatic amines is 1. The second-order valence-corrected chi connectivity index (χ2v) is 9.46. The van der Waals surface area contributed by atoms with Gasteiger partial charge in [0.1, 0.15) is 5.70 Å². The van der Waals surface area contributed by atoms with Gasteiger partial charge < -0.3 is 20.2 Å². The van der Waals surface area contributed by atoms with E-state index in [1.165, 1.54) is 5.56 Å². The molecule has 6 nitrogen and oxygen atoms in total. The average molecular weight is 491 g/mol. The maximum atomic E-state index is 13.3. The van der Waals surface area contributed by atoms with Crippen LogP contribution < -0.4 is 10.6 Å². The molecule has 0 atom stereocenters. The van der Waals surface area contributed by atoms with Crippen molar-refractivity contribution in [3.05, 3.63) is 113 Å². The molecule has 0 saturated carbocycles. The lowest BCUT2D eigenvalue weighted by atomic mass is 10.1. The maximum Gasteiger partial charge on any atom is 0.267 e. The first kappa shape index (κ1) is 24.1. The highest BCUT2D eigenvalue weighted by Crippen LogP contribution is 2.23.